The van der Waals surface area contributed by atoms with Crippen molar-refractivity contribution >= 4 is 68.6 Å². The highest BCUT2D eigenvalue weighted by atomic mass is 79.9. The Morgan fingerprint density at radius 1 is 1.08 bits per heavy atom. The Kier molecular flexibility index (Phi) is 3.82. The van der Waals surface area contributed by atoms with E-state index in [4.69, 9.17) is 12.6 Å². The van der Waals surface area contributed by atoms with Gasteiger partial charge in [0, 0.05) is 4.47 Å². The average Bonchev–Trinajstić information content (AvgIpc) is 3.12. The van der Waals surface area contributed by atoms with Gasteiger partial charge < -0.3 is 4.74 Å². The summed E-state index contributed by atoms with van der Waals surface area (Å²) in [5, 5.41) is 1.81. The van der Waals surface area contributed by atoms with Crippen LogP contribution in [0.25, 0.3) is 22.1 Å². The van der Waals surface area contributed by atoms with Gasteiger partial charge in [-0.25, -0.2) is 14.8 Å². The molecule has 0 aliphatic rings. The van der Waals surface area contributed by atoms with Crippen LogP contribution in [-0.2, 0) is 0 Å². The number of nitrogens with zero attached hydrogens (tertiary/aromatic N) is 2. The van der Waals surface area contributed by atoms with Crippen LogP contribution >= 0.6 is 27.3 Å². The zero-order valence-electron chi connectivity index (χ0n) is 12.2. The molecule has 4 aromatic rings. The number of ether oxygens (including phenoxy) is 1. The number of thiophene rings is 1. The zero-order valence-corrected chi connectivity index (χ0v) is 14.6. The molecule has 4 nitrogen and oxygen atoms in total. The third kappa shape index (κ3) is 2.59. The Balaban J connectivity index is 1.93. The molecule has 4 rings (SSSR count). The molecule has 0 amide bonds. The number of fused-ring (bicyclic) bond motifs is 2. The van der Waals surface area contributed by atoms with Gasteiger partial charge in [-0.1, -0.05) is 23.7 Å². The number of carbonyl (C=O) groups is 1. The number of esters is 1. The molecule has 0 saturated carbocycles. The van der Waals surface area contributed by atoms with Crippen molar-refractivity contribution in [2.75, 3.05) is 0 Å². The van der Waals surface area contributed by atoms with Crippen molar-refractivity contribution in [3.8, 4) is 5.75 Å². The summed E-state index contributed by atoms with van der Waals surface area (Å²) in [4.78, 5) is 22.0. The van der Waals surface area contributed by atoms with E-state index < -0.39 is 5.97 Å². The first-order valence-electron chi connectivity index (χ1n) is 7.03. The number of carbonyl (C=O) groups excluding carboxylic acids is 1. The second-order valence-electron chi connectivity index (χ2n) is 5.05. The number of halogens is 1. The minimum absolute atomic E-state index is 0.227. The lowest BCUT2D eigenvalue weighted by atomic mass is 9.94. The summed E-state index contributed by atoms with van der Waals surface area (Å²) < 4.78 is 6.23. The van der Waals surface area contributed by atoms with Gasteiger partial charge in [0.2, 0.25) is 0 Å². The maximum absolute atomic E-state index is 12.3. The number of aromatic nitrogens is 2. The number of benzene rings is 2. The molecule has 2 aromatic heterocycles. The highest BCUT2D eigenvalue weighted by Gasteiger charge is 2.18. The summed E-state index contributed by atoms with van der Waals surface area (Å²) in [5.74, 6) is -0.236. The van der Waals surface area contributed by atoms with E-state index in [1.165, 1.54) is 11.3 Å². The van der Waals surface area contributed by atoms with Crippen LogP contribution in [0.15, 0.2) is 52.3 Å². The van der Waals surface area contributed by atoms with Crippen molar-refractivity contribution in [2.45, 2.75) is 0 Å². The lowest BCUT2D eigenvalue weighted by molar-refractivity contribution is 0.0743. The van der Waals surface area contributed by atoms with Crippen LogP contribution in [0.4, 0.5) is 0 Å². The molecule has 2 heterocycles. The number of rotatable bonds is 2. The molecule has 24 heavy (non-hydrogen) atoms. The van der Waals surface area contributed by atoms with E-state index in [0.717, 1.165) is 5.52 Å². The monoisotopic (exact) mass is 394 g/mol. The van der Waals surface area contributed by atoms with Crippen molar-refractivity contribution in [1.82, 2.24) is 9.97 Å². The van der Waals surface area contributed by atoms with Gasteiger partial charge in [-0.2, -0.15) is 0 Å². The van der Waals surface area contributed by atoms with E-state index in [2.05, 4.69) is 25.9 Å². The molecule has 114 valence electrons. The summed E-state index contributed by atoms with van der Waals surface area (Å²) in [5.41, 5.74) is 2.83. The van der Waals surface area contributed by atoms with Gasteiger partial charge in [0.25, 0.3) is 0 Å². The van der Waals surface area contributed by atoms with Gasteiger partial charge in [0.05, 0.1) is 11.0 Å². The highest BCUT2D eigenvalue weighted by molar-refractivity contribution is 9.10. The van der Waals surface area contributed by atoms with Gasteiger partial charge >= 0.3 is 5.97 Å². The quantitative estimate of drug-likeness (QED) is 0.225. The third-order valence-electron chi connectivity index (χ3n) is 3.47. The molecule has 0 aliphatic carbocycles. The van der Waals surface area contributed by atoms with E-state index in [1.807, 2.05) is 29.6 Å². The molecule has 7 heteroatoms. The predicted molar refractivity (Wildman–Crippen MR) is 99.4 cm³/mol. The first kappa shape index (κ1) is 15.3. The minimum Gasteiger partial charge on any atom is -0.421 e. The lowest BCUT2D eigenvalue weighted by Crippen LogP contribution is -2.16. The standard InChI is InChI=1S/C17H8BBrN2O2S/c18-9-8-10(19)14-15(21-12-5-2-1-4-11(12)20-14)16(9)23-17(22)13-6-3-7-24-13/h1-8H. The van der Waals surface area contributed by atoms with Crippen LogP contribution in [0.3, 0.4) is 0 Å². The minimum atomic E-state index is -0.463. The summed E-state index contributed by atoms with van der Waals surface area (Å²) in [6, 6.07) is 12.7. The largest absolute Gasteiger partial charge is 0.421 e. The van der Waals surface area contributed by atoms with E-state index in [0.29, 0.717) is 31.4 Å². The Morgan fingerprint density at radius 3 is 2.46 bits per heavy atom. The van der Waals surface area contributed by atoms with Crippen LogP contribution in [0.5, 0.6) is 5.75 Å². The van der Waals surface area contributed by atoms with Crippen molar-refractivity contribution < 1.29 is 9.53 Å². The number of hydrogen-bond acceptors (Lipinski definition) is 5. The molecule has 2 radical (unpaired) electrons. The van der Waals surface area contributed by atoms with Gasteiger partial charge in [0.15, 0.2) is 5.75 Å². The SMILES string of the molecule is [B]c1cc(Br)c2nc3ccccc3nc2c1OC(=O)c1cccs1. The fraction of sp³-hybridized carbons (Fsp3) is 0. The molecule has 0 aliphatic heterocycles. The highest BCUT2D eigenvalue weighted by Crippen LogP contribution is 2.29. The fourth-order valence-electron chi connectivity index (χ4n) is 2.38. The zero-order chi connectivity index (χ0) is 16.7. The van der Waals surface area contributed by atoms with Crippen LogP contribution < -0.4 is 10.2 Å². The van der Waals surface area contributed by atoms with E-state index >= 15 is 0 Å². The second kappa shape index (κ2) is 6.00. The maximum atomic E-state index is 12.3. The fourth-order valence-corrected chi connectivity index (χ4v) is 3.50. The first-order chi connectivity index (χ1) is 11.6. The molecule has 0 unspecified atom stereocenters. The smallest absolute Gasteiger partial charge is 0.353 e. The Hall–Kier alpha value is -2.25. The van der Waals surface area contributed by atoms with Crippen LogP contribution in [0.2, 0.25) is 0 Å². The number of hydrogen-bond donors (Lipinski definition) is 0. The molecule has 0 spiro atoms. The van der Waals surface area contributed by atoms with Crippen molar-refractivity contribution in [1.29, 1.82) is 0 Å². The van der Waals surface area contributed by atoms with Crippen molar-refractivity contribution in [3.63, 3.8) is 0 Å². The summed E-state index contributed by atoms with van der Waals surface area (Å²) in [6.07, 6.45) is 0. The molecule has 0 atom stereocenters. The maximum Gasteiger partial charge on any atom is 0.353 e. The van der Waals surface area contributed by atoms with Gasteiger partial charge in [-0.3, -0.25) is 0 Å². The van der Waals surface area contributed by atoms with Crippen LogP contribution in [0, 0.1) is 0 Å². The summed E-state index contributed by atoms with van der Waals surface area (Å²) >= 11 is 4.76. The lowest BCUT2D eigenvalue weighted by Gasteiger charge is -2.12. The molecular weight excluding hydrogens is 387 g/mol. The molecule has 2 aromatic carbocycles. The molecule has 0 bridgehead atoms. The summed E-state index contributed by atoms with van der Waals surface area (Å²) in [6.45, 7) is 0. The Morgan fingerprint density at radius 2 is 1.79 bits per heavy atom. The van der Waals surface area contributed by atoms with E-state index in [-0.39, 0.29) is 5.75 Å². The molecule has 0 saturated heterocycles. The predicted octanol–water partition coefficient (Wildman–Crippen LogP) is 3.62. The third-order valence-corrected chi connectivity index (χ3v) is 4.93. The molecular formula is C17H8BBrN2O2S. The van der Waals surface area contributed by atoms with Crippen LogP contribution in [0.1, 0.15) is 9.67 Å². The van der Waals surface area contributed by atoms with E-state index in [9.17, 15) is 4.79 Å². The number of para-hydroxylation sites is 2. The first-order valence-corrected chi connectivity index (χ1v) is 8.71. The Bertz CT molecular complexity index is 1080. The van der Waals surface area contributed by atoms with Gasteiger partial charge in [-0.05, 0) is 45.6 Å². The van der Waals surface area contributed by atoms with E-state index in [1.54, 1.807) is 18.2 Å². The van der Waals surface area contributed by atoms with Gasteiger partial charge in [0.1, 0.15) is 23.8 Å². The van der Waals surface area contributed by atoms with Gasteiger partial charge in [-0.15, -0.1) is 11.3 Å². The van der Waals surface area contributed by atoms with Crippen LogP contribution in [-0.4, -0.2) is 23.8 Å². The average molecular weight is 395 g/mol. The Labute approximate surface area is 151 Å². The molecule has 0 fully saturated rings. The summed E-state index contributed by atoms with van der Waals surface area (Å²) in [7, 11) is 6.06. The second-order valence-corrected chi connectivity index (χ2v) is 6.86. The van der Waals surface area contributed by atoms with Crippen molar-refractivity contribution in [2.24, 2.45) is 0 Å². The topological polar surface area (TPSA) is 52.1 Å². The normalized spacial score (nSPS) is 11.0. The van der Waals surface area contributed by atoms with Crippen molar-refractivity contribution in [3.05, 3.63) is 57.2 Å². The molecule has 0 N–H and O–H groups in total.